The average Bonchev–Trinajstić information content (AvgIpc) is 3.08. The Morgan fingerprint density at radius 2 is 2.20 bits per heavy atom. The third-order valence-corrected chi connectivity index (χ3v) is 4.42. The van der Waals surface area contributed by atoms with Gasteiger partial charge >= 0.3 is 6.03 Å². The molecule has 134 valence electrons. The molecule has 6 nitrogen and oxygen atoms in total. The number of H-pyrrole nitrogens is 1. The van der Waals surface area contributed by atoms with Crippen molar-refractivity contribution in [1.29, 1.82) is 0 Å². The molecule has 0 bridgehead atoms. The second-order valence-electron chi connectivity index (χ2n) is 6.23. The second-order valence-corrected chi connectivity index (χ2v) is 6.23. The van der Waals surface area contributed by atoms with Crippen LogP contribution in [0.3, 0.4) is 0 Å². The first-order valence-corrected chi connectivity index (χ1v) is 8.49. The van der Waals surface area contributed by atoms with Gasteiger partial charge in [-0.3, -0.25) is 5.10 Å². The molecule has 0 aliphatic carbocycles. The molecule has 0 unspecified atom stereocenters. The number of nitrogens with zero attached hydrogens (tertiary/aromatic N) is 2. The molecule has 0 spiro atoms. The number of benzene rings is 1. The Labute approximate surface area is 146 Å². The lowest BCUT2D eigenvalue weighted by Gasteiger charge is -2.36. The molecule has 2 aromatic rings. The van der Waals surface area contributed by atoms with Gasteiger partial charge in [0, 0.05) is 13.7 Å². The number of piperidine rings is 1. The number of likely N-dealkylation sites (tertiary alicyclic amines) is 1. The Hall–Kier alpha value is -2.41. The van der Waals surface area contributed by atoms with Crippen LogP contribution in [-0.4, -0.2) is 34.8 Å². The smallest absolute Gasteiger partial charge is 0.318 e. The van der Waals surface area contributed by atoms with Gasteiger partial charge < -0.3 is 15.0 Å². The number of aromatic amines is 1. The summed E-state index contributed by atoms with van der Waals surface area (Å²) in [4.78, 5) is 14.5. The van der Waals surface area contributed by atoms with E-state index in [1.54, 1.807) is 19.2 Å². The minimum Gasteiger partial charge on any atom is -0.378 e. The Balaban J connectivity index is 1.63. The third kappa shape index (κ3) is 4.36. The van der Waals surface area contributed by atoms with Gasteiger partial charge in [-0.05, 0) is 43.0 Å². The minimum absolute atomic E-state index is 0.0137. The van der Waals surface area contributed by atoms with Crippen LogP contribution in [0.1, 0.15) is 42.3 Å². The fourth-order valence-corrected chi connectivity index (χ4v) is 3.20. The lowest BCUT2D eigenvalue weighted by atomic mass is 9.95. The maximum absolute atomic E-state index is 13.2. The fourth-order valence-electron chi connectivity index (χ4n) is 3.20. The number of ether oxygens (including phenoxy) is 1. The van der Waals surface area contributed by atoms with Gasteiger partial charge in [-0.2, -0.15) is 5.10 Å². The molecule has 1 aliphatic rings. The van der Waals surface area contributed by atoms with Crippen LogP contribution < -0.4 is 5.32 Å². The van der Waals surface area contributed by atoms with Crippen molar-refractivity contribution in [3.8, 4) is 0 Å². The van der Waals surface area contributed by atoms with Crippen LogP contribution in [0.25, 0.3) is 0 Å². The summed E-state index contributed by atoms with van der Waals surface area (Å²) in [5.41, 5.74) is 2.60. The summed E-state index contributed by atoms with van der Waals surface area (Å²) in [5.74, 6) is -0.262. The number of halogens is 1. The number of aromatic nitrogens is 2. The van der Waals surface area contributed by atoms with Crippen molar-refractivity contribution in [2.45, 2.75) is 38.5 Å². The van der Waals surface area contributed by atoms with Crippen LogP contribution in [0.5, 0.6) is 0 Å². The molecule has 1 aliphatic heterocycles. The van der Waals surface area contributed by atoms with E-state index in [1.165, 1.54) is 12.1 Å². The van der Waals surface area contributed by atoms with E-state index in [2.05, 4.69) is 15.5 Å². The molecule has 1 saturated heterocycles. The number of nitrogens with one attached hydrogen (secondary N) is 2. The number of carbonyl (C=O) groups is 1. The van der Waals surface area contributed by atoms with E-state index in [4.69, 9.17) is 4.74 Å². The van der Waals surface area contributed by atoms with Gasteiger partial charge in [0.2, 0.25) is 0 Å². The lowest BCUT2D eigenvalue weighted by molar-refractivity contribution is 0.151. The number of urea groups is 1. The number of hydrogen-bond acceptors (Lipinski definition) is 3. The fraction of sp³-hybridized carbons (Fsp3) is 0.444. The number of hydrogen-bond donors (Lipinski definition) is 2. The van der Waals surface area contributed by atoms with Gasteiger partial charge in [-0.15, -0.1) is 0 Å². The first kappa shape index (κ1) is 17.4. The van der Waals surface area contributed by atoms with Crippen molar-refractivity contribution in [2.24, 2.45) is 0 Å². The van der Waals surface area contributed by atoms with E-state index in [0.717, 1.165) is 36.2 Å². The summed E-state index contributed by atoms with van der Waals surface area (Å²) < 4.78 is 18.2. The number of carbonyl (C=O) groups excluding carboxylic acids is 1. The maximum atomic E-state index is 13.2. The van der Waals surface area contributed by atoms with Crippen molar-refractivity contribution in [2.75, 3.05) is 13.7 Å². The summed E-state index contributed by atoms with van der Waals surface area (Å²) in [6.45, 7) is 1.51. The molecule has 2 N–H and O–H groups in total. The molecular weight excluding hydrogens is 323 g/mol. The highest BCUT2D eigenvalue weighted by atomic mass is 19.1. The lowest BCUT2D eigenvalue weighted by Crippen LogP contribution is -2.44. The summed E-state index contributed by atoms with van der Waals surface area (Å²) in [6, 6.07) is 8.16. The Kier molecular flexibility index (Phi) is 5.65. The quantitative estimate of drug-likeness (QED) is 0.874. The summed E-state index contributed by atoms with van der Waals surface area (Å²) in [5, 5.41) is 9.95. The van der Waals surface area contributed by atoms with Crippen LogP contribution >= 0.6 is 0 Å². The second kappa shape index (κ2) is 8.11. The predicted molar refractivity (Wildman–Crippen MR) is 91.2 cm³/mol. The molecular formula is C18H23FN4O2. The normalized spacial score (nSPS) is 17.5. The Morgan fingerprint density at radius 3 is 2.96 bits per heavy atom. The van der Waals surface area contributed by atoms with Gasteiger partial charge in [0.1, 0.15) is 5.82 Å². The number of amides is 2. The molecule has 3 rings (SSSR count). The zero-order valence-corrected chi connectivity index (χ0v) is 14.3. The highest BCUT2D eigenvalue weighted by molar-refractivity contribution is 5.74. The number of rotatable bonds is 5. The monoisotopic (exact) mass is 346 g/mol. The molecule has 2 heterocycles. The van der Waals surface area contributed by atoms with Crippen LogP contribution in [0.15, 0.2) is 30.3 Å². The highest BCUT2D eigenvalue weighted by Crippen LogP contribution is 2.30. The minimum atomic E-state index is -0.262. The van der Waals surface area contributed by atoms with E-state index in [9.17, 15) is 9.18 Å². The molecule has 1 fully saturated rings. The van der Waals surface area contributed by atoms with Crippen molar-refractivity contribution in [1.82, 2.24) is 20.4 Å². The van der Waals surface area contributed by atoms with E-state index >= 15 is 0 Å². The molecule has 1 atom stereocenters. The van der Waals surface area contributed by atoms with E-state index < -0.39 is 0 Å². The van der Waals surface area contributed by atoms with Gasteiger partial charge in [0.25, 0.3) is 0 Å². The molecule has 7 heteroatoms. The Morgan fingerprint density at radius 1 is 1.40 bits per heavy atom. The van der Waals surface area contributed by atoms with Crippen LogP contribution in [0, 0.1) is 5.82 Å². The third-order valence-electron chi connectivity index (χ3n) is 4.42. The van der Waals surface area contributed by atoms with Crippen molar-refractivity contribution < 1.29 is 13.9 Å². The molecule has 0 radical (unpaired) electrons. The van der Waals surface area contributed by atoms with Crippen molar-refractivity contribution in [3.05, 3.63) is 53.1 Å². The first-order chi connectivity index (χ1) is 12.2. The summed E-state index contributed by atoms with van der Waals surface area (Å²) >= 11 is 0. The SMILES string of the molecule is COCc1cc(CNC(=O)N2CCCC[C@H]2c2ccc(F)cc2)[nH]n1. The van der Waals surface area contributed by atoms with Gasteiger partial charge in [0.05, 0.1) is 30.6 Å². The van der Waals surface area contributed by atoms with E-state index in [1.807, 2.05) is 11.0 Å². The standard InChI is InChI=1S/C18H23FN4O2/c1-25-12-16-10-15(21-22-16)11-20-18(24)23-9-3-2-4-17(23)13-5-7-14(19)8-6-13/h5-8,10,17H,2-4,9,11-12H2,1H3,(H,20,24)(H,21,22)/t17-/m0/s1. The van der Waals surface area contributed by atoms with Gasteiger partial charge in [-0.25, -0.2) is 9.18 Å². The van der Waals surface area contributed by atoms with Crippen LogP contribution in [0.4, 0.5) is 9.18 Å². The van der Waals surface area contributed by atoms with E-state index in [0.29, 0.717) is 19.7 Å². The van der Waals surface area contributed by atoms with Gasteiger partial charge in [0.15, 0.2) is 0 Å². The van der Waals surface area contributed by atoms with Crippen molar-refractivity contribution >= 4 is 6.03 Å². The topological polar surface area (TPSA) is 70.2 Å². The Bertz CT molecular complexity index is 701. The first-order valence-electron chi connectivity index (χ1n) is 8.49. The van der Waals surface area contributed by atoms with Crippen molar-refractivity contribution in [3.63, 3.8) is 0 Å². The maximum Gasteiger partial charge on any atom is 0.318 e. The zero-order chi connectivity index (χ0) is 17.6. The molecule has 25 heavy (non-hydrogen) atoms. The largest absolute Gasteiger partial charge is 0.378 e. The zero-order valence-electron chi connectivity index (χ0n) is 14.3. The summed E-state index contributed by atoms with van der Waals surface area (Å²) in [6.07, 6.45) is 2.93. The van der Waals surface area contributed by atoms with Gasteiger partial charge in [-0.1, -0.05) is 12.1 Å². The average molecular weight is 346 g/mol. The van der Waals surface area contributed by atoms with Crippen LogP contribution in [0.2, 0.25) is 0 Å². The highest BCUT2D eigenvalue weighted by Gasteiger charge is 2.27. The molecule has 1 aromatic carbocycles. The molecule has 1 aromatic heterocycles. The summed E-state index contributed by atoms with van der Waals surface area (Å²) in [7, 11) is 1.61. The predicted octanol–water partition coefficient (Wildman–Crippen LogP) is 3.13. The van der Waals surface area contributed by atoms with E-state index in [-0.39, 0.29) is 17.9 Å². The van der Waals surface area contributed by atoms with Crippen LogP contribution in [-0.2, 0) is 17.9 Å². The number of methoxy groups -OCH3 is 1. The molecule has 2 amide bonds. The molecule has 0 saturated carbocycles.